The van der Waals surface area contributed by atoms with Gasteiger partial charge in [-0.05, 0) is 19.1 Å². The summed E-state index contributed by atoms with van der Waals surface area (Å²) in [7, 11) is 0. The molecule has 0 unspecified atom stereocenters. The monoisotopic (exact) mass is 235 g/mol. The third-order valence-corrected chi connectivity index (χ3v) is 2.46. The quantitative estimate of drug-likeness (QED) is 0.477. The molecule has 0 radical (unpaired) electrons. The highest BCUT2D eigenvalue weighted by molar-refractivity contribution is 7.71. The van der Waals surface area contributed by atoms with E-state index in [1.165, 1.54) is 12.1 Å². The summed E-state index contributed by atoms with van der Waals surface area (Å²) in [5, 5.41) is 10.6. The van der Waals surface area contributed by atoms with Crippen LogP contribution in [0.4, 0.5) is 5.69 Å². The van der Waals surface area contributed by atoms with Crippen LogP contribution in [0.15, 0.2) is 24.3 Å². The van der Waals surface area contributed by atoms with Crippen LogP contribution in [0.1, 0.15) is 5.69 Å². The maximum Gasteiger partial charge on any atom is 0.270 e. The third kappa shape index (κ3) is 1.87. The van der Waals surface area contributed by atoms with Crippen LogP contribution in [-0.4, -0.2) is 14.9 Å². The number of non-ortho nitro benzene ring substituents is 1. The Bertz CT molecular complexity index is 600. The summed E-state index contributed by atoms with van der Waals surface area (Å²) in [6.07, 6.45) is 0. The van der Waals surface area contributed by atoms with Crippen molar-refractivity contribution in [2.75, 3.05) is 0 Å². The van der Waals surface area contributed by atoms with Crippen molar-refractivity contribution in [3.8, 4) is 11.3 Å². The molecule has 2 aromatic rings. The molecule has 5 nitrogen and oxygen atoms in total. The number of hydrogen-bond donors (Lipinski definition) is 2. The van der Waals surface area contributed by atoms with E-state index in [1.807, 2.05) is 6.92 Å². The topological polar surface area (TPSA) is 74.7 Å². The first-order valence-corrected chi connectivity index (χ1v) is 5.02. The highest BCUT2D eigenvalue weighted by Crippen LogP contribution is 2.24. The molecule has 6 heteroatoms. The minimum atomic E-state index is -0.417. The predicted molar refractivity (Wildman–Crippen MR) is 62.8 cm³/mol. The van der Waals surface area contributed by atoms with Crippen molar-refractivity contribution < 1.29 is 4.92 Å². The van der Waals surface area contributed by atoms with Gasteiger partial charge >= 0.3 is 0 Å². The third-order valence-electron chi connectivity index (χ3n) is 2.26. The number of nitro benzene ring substituents is 1. The van der Waals surface area contributed by atoms with Gasteiger partial charge in [-0.1, -0.05) is 12.1 Å². The van der Waals surface area contributed by atoms with Gasteiger partial charge in [0.15, 0.2) is 4.77 Å². The van der Waals surface area contributed by atoms with Crippen molar-refractivity contribution in [3.63, 3.8) is 0 Å². The second-order valence-corrected chi connectivity index (χ2v) is 3.79. The molecule has 1 aromatic carbocycles. The highest BCUT2D eigenvalue weighted by Gasteiger charge is 2.09. The fourth-order valence-corrected chi connectivity index (χ4v) is 1.79. The largest absolute Gasteiger partial charge is 0.334 e. The summed E-state index contributed by atoms with van der Waals surface area (Å²) in [6, 6.07) is 6.42. The molecule has 2 N–H and O–H groups in total. The van der Waals surface area contributed by atoms with Crippen molar-refractivity contribution in [3.05, 3.63) is 44.8 Å². The highest BCUT2D eigenvalue weighted by atomic mass is 32.1. The summed E-state index contributed by atoms with van der Waals surface area (Å²) in [4.78, 5) is 16.1. The number of hydrogen-bond acceptors (Lipinski definition) is 3. The molecule has 1 aromatic heterocycles. The minimum Gasteiger partial charge on any atom is -0.334 e. The van der Waals surface area contributed by atoms with E-state index in [-0.39, 0.29) is 5.69 Å². The number of aromatic amines is 2. The Morgan fingerprint density at radius 2 is 2.12 bits per heavy atom. The lowest BCUT2D eigenvalue weighted by atomic mass is 10.1. The normalized spacial score (nSPS) is 10.3. The van der Waals surface area contributed by atoms with Crippen molar-refractivity contribution in [1.29, 1.82) is 0 Å². The lowest BCUT2D eigenvalue weighted by Gasteiger charge is -1.99. The zero-order chi connectivity index (χ0) is 11.7. The van der Waals surface area contributed by atoms with Gasteiger partial charge in [-0.3, -0.25) is 10.1 Å². The number of imidazole rings is 1. The van der Waals surface area contributed by atoms with Crippen molar-refractivity contribution >= 4 is 17.9 Å². The van der Waals surface area contributed by atoms with E-state index in [0.717, 1.165) is 17.0 Å². The summed E-state index contributed by atoms with van der Waals surface area (Å²) >= 11 is 4.96. The standard InChI is InChI=1S/C10H9N3O2S/c1-6-9(12-10(16)11-6)7-3-2-4-8(5-7)13(14)15/h2-5H,1H3,(H2,11,12,16). The average molecular weight is 235 g/mol. The number of aromatic nitrogens is 2. The van der Waals surface area contributed by atoms with E-state index in [1.54, 1.807) is 12.1 Å². The van der Waals surface area contributed by atoms with Gasteiger partial charge in [-0.25, -0.2) is 0 Å². The number of nitrogens with one attached hydrogen (secondary N) is 2. The van der Waals surface area contributed by atoms with Crippen LogP contribution < -0.4 is 0 Å². The number of nitrogens with zero attached hydrogens (tertiary/aromatic N) is 1. The smallest absolute Gasteiger partial charge is 0.270 e. The zero-order valence-electron chi connectivity index (χ0n) is 8.48. The van der Waals surface area contributed by atoms with Gasteiger partial charge in [-0.2, -0.15) is 0 Å². The Kier molecular flexibility index (Phi) is 2.57. The Hall–Kier alpha value is -1.95. The maximum absolute atomic E-state index is 10.6. The van der Waals surface area contributed by atoms with Gasteiger partial charge < -0.3 is 9.97 Å². The molecule has 0 saturated carbocycles. The van der Waals surface area contributed by atoms with E-state index >= 15 is 0 Å². The first-order valence-electron chi connectivity index (χ1n) is 4.61. The molecule has 0 saturated heterocycles. The van der Waals surface area contributed by atoms with E-state index in [4.69, 9.17) is 12.2 Å². The minimum absolute atomic E-state index is 0.0671. The molecule has 0 bridgehead atoms. The fraction of sp³-hybridized carbons (Fsp3) is 0.100. The first kappa shape index (κ1) is 10.6. The summed E-state index contributed by atoms with van der Waals surface area (Å²) in [5.41, 5.74) is 2.47. The van der Waals surface area contributed by atoms with Crippen molar-refractivity contribution in [1.82, 2.24) is 9.97 Å². The lowest BCUT2D eigenvalue weighted by molar-refractivity contribution is -0.384. The average Bonchev–Trinajstić information content (AvgIpc) is 2.58. The molecular weight excluding hydrogens is 226 g/mol. The molecule has 0 aliphatic heterocycles. The van der Waals surface area contributed by atoms with Crippen molar-refractivity contribution in [2.24, 2.45) is 0 Å². The van der Waals surface area contributed by atoms with E-state index < -0.39 is 4.92 Å². The van der Waals surface area contributed by atoms with E-state index in [9.17, 15) is 10.1 Å². The van der Waals surface area contributed by atoms with Gasteiger partial charge in [0.25, 0.3) is 5.69 Å². The zero-order valence-corrected chi connectivity index (χ0v) is 9.30. The maximum atomic E-state index is 10.6. The van der Waals surface area contributed by atoms with Crippen LogP contribution in [0.2, 0.25) is 0 Å². The Morgan fingerprint density at radius 3 is 2.69 bits per heavy atom. The predicted octanol–water partition coefficient (Wildman–Crippen LogP) is 2.96. The van der Waals surface area contributed by atoms with Crippen LogP contribution in [-0.2, 0) is 0 Å². The van der Waals surface area contributed by atoms with Gasteiger partial charge in [0.1, 0.15) is 0 Å². The number of rotatable bonds is 2. The summed E-state index contributed by atoms with van der Waals surface area (Å²) in [6.45, 7) is 1.86. The molecule has 0 atom stereocenters. The van der Waals surface area contributed by atoms with Gasteiger partial charge in [0.2, 0.25) is 0 Å². The van der Waals surface area contributed by atoms with Crippen LogP contribution >= 0.6 is 12.2 Å². The fourth-order valence-electron chi connectivity index (χ4n) is 1.53. The molecule has 0 aliphatic rings. The van der Waals surface area contributed by atoms with Gasteiger partial charge in [0.05, 0.1) is 10.6 Å². The Morgan fingerprint density at radius 1 is 1.38 bits per heavy atom. The van der Waals surface area contributed by atoms with Crippen molar-refractivity contribution in [2.45, 2.75) is 6.92 Å². The molecular formula is C10H9N3O2S. The van der Waals surface area contributed by atoms with Gasteiger partial charge in [-0.15, -0.1) is 0 Å². The summed E-state index contributed by atoms with van der Waals surface area (Å²) < 4.78 is 0.513. The van der Waals surface area contributed by atoms with Crippen LogP contribution in [0.5, 0.6) is 0 Å². The van der Waals surface area contributed by atoms with Crippen LogP contribution in [0.3, 0.4) is 0 Å². The summed E-state index contributed by atoms with van der Waals surface area (Å²) in [5.74, 6) is 0. The second kappa shape index (κ2) is 3.90. The Balaban J connectivity index is 2.56. The Labute approximate surface area is 96.3 Å². The molecule has 16 heavy (non-hydrogen) atoms. The first-order chi connectivity index (χ1) is 7.58. The van der Waals surface area contributed by atoms with Crippen LogP contribution in [0.25, 0.3) is 11.3 Å². The number of aryl methyl sites for hydroxylation is 1. The molecule has 0 fully saturated rings. The molecule has 1 heterocycles. The SMILES string of the molecule is Cc1[nH]c(=S)[nH]c1-c1cccc([N+](=O)[O-])c1. The van der Waals surface area contributed by atoms with E-state index in [2.05, 4.69) is 9.97 Å². The molecule has 0 spiro atoms. The van der Waals surface area contributed by atoms with Crippen LogP contribution in [0, 0.1) is 21.8 Å². The van der Waals surface area contributed by atoms with E-state index in [0.29, 0.717) is 4.77 Å². The molecule has 2 rings (SSSR count). The van der Waals surface area contributed by atoms with Gasteiger partial charge in [0, 0.05) is 23.4 Å². The number of H-pyrrole nitrogens is 2. The molecule has 0 aliphatic carbocycles. The number of benzene rings is 1. The molecule has 0 amide bonds. The molecule has 82 valence electrons. The second-order valence-electron chi connectivity index (χ2n) is 3.39. The lowest BCUT2D eigenvalue weighted by Crippen LogP contribution is -1.88. The number of nitro groups is 1.